The number of rotatable bonds is 8. The van der Waals surface area contributed by atoms with E-state index in [2.05, 4.69) is 20.4 Å². The molecule has 0 bridgehead atoms. The molecule has 12 nitrogen and oxygen atoms in total. The maximum absolute atomic E-state index is 13.5. The third-order valence-corrected chi connectivity index (χ3v) is 6.79. The van der Waals surface area contributed by atoms with Gasteiger partial charge in [0.1, 0.15) is 11.4 Å². The zero-order valence-corrected chi connectivity index (χ0v) is 23.9. The molecule has 41 heavy (non-hydrogen) atoms. The van der Waals surface area contributed by atoms with Gasteiger partial charge in [0, 0.05) is 32.1 Å². The Morgan fingerprint density at radius 2 is 1.68 bits per heavy atom. The number of aliphatic carboxylic acids is 1. The highest BCUT2D eigenvalue weighted by atomic mass is 32.2. The molecule has 0 unspecified atom stereocenters. The SMILES string of the molecule is CC(=O)O.CC(C)(C)OC(=O)Nc1cccc(CN(Cc2ccc(-n3cccn3)cc2)S(=O)(=O)c2ccccn2)n1. The van der Waals surface area contributed by atoms with Crippen LogP contribution >= 0.6 is 0 Å². The summed E-state index contributed by atoms with van der Waals surface area (Å²) in [4.78, 5) is 29.7. The smallest absolute Gasteiger partial charge is 0.413 e. The van der Waals surface area contributed by atoms with Crippen molar-refractivity contribution in [2.45, 2.75) is 51.4 Å². The number of benzene rings is 1. The fraction of sp³-hybridized carbons (Fsp3) is 0.250. The average molecular weight is 581 g/mol. The lowest BCUT2D eigenvalue weighted by Crippen LogP contribution is -2.31. The Morgan fingerprint density at radius 1 is 0.976 bits per heavy atom. The minimum Gasteiger partial charge on any atom is -0.481 e. The summed E-state index contributed by atoms with van der Waals surface area (Å²) in [7, 11) is -3.96. The topological polar surface area (TPSA) is 157 Å². The molecule has 0 saturated heterocycles. The number of pyridine rings is 2. The zero-order valence-electron chi connectivity index (χ0n) is 23.1. The van der Waals surface area contributed by atoms with E-state index >= 15 is 0 Å². The highest BCUT2D eigenvalue weighted by molar-refractivity contribution is 7.89. The van der Waals surface area contributed by atoms with Crippen molar-refractivity contribution in [3.05, 3.63) is 96.6 Å². The lowest BCUT2D eigenvalue weighted by molar-refractivity contribution is -0.134. The Morgan fingerprint density at radius 3 is 2.27 bits per heavy atom. The highest BCUT2D eigenvalue weighted by Gasteiger charge is 2.27. The van der Waals surface area contributed by atoms with Crippen LogP contribution < -0.4 is 5.32 Å². The number of carboxylic acids is 1. The van der Waals surface area contributed by atoms with Crippen molar-refractivity contribution in [1.82, 2.24) is 24.1 Å². The maximum Gasteiger partial charge on any atom is 0.413 e. The normalized spacial score (nSPS) is 11.3. The van der Waals surface area contributed by atoms with Crippen LogP contribution in [-0.2, 0) is 32.6 Å². The second-order valence-corrected chi connectivity index (χ2v) is 11.6. The highest BCUT2D eigenvalue weighted by Crippen LogP contribution is 2.21. The van der Waals surface area contributed by atoms with Crippen LogP contribution in [0.25, 0.3) is 5.69 Å². The molecular weight excluding hydrogens is 548 g/mol. The van der Waals surface area contributed by atoms with E-state index in [4.69, 9.17) is 14.6 Å². The fourth-order valence-electron chi connectivity index (χ4n) is 3.46. The molecule has 0 radical (unpaired) electrons. The molecule has 3 aromatic heterocycles. The van der Waals surface area contributed by atoms with Crippen LogP contribution in [0.1, 0.15) is 39.0 Å². The maximum atomic E-state index is 13.5. The van der Waals surface area contributed by atoms with E-state index in [-0.39, 0.29) is 23.9 Å². The van der Waals surface area contributed by atoms with Crippen molar-refractivity contribution in [1.29, 1.82) is 0 Å². The van der Waals surface area contributed by atoms with Gasteiger partial charge in [-0.25, -0.2) is 27.9 Å². The van der Waals surface area contributed by atoms with E-state index in [1.54, 1.807) is 62.0 Å². The van der Waals surface area contributed by atoms with Gasteiger partial charge in [-0.15, -0.1) is 0 Å². The number of amides is 1. The van der Waals surface area contributed by atoms with Crippen LogP contribution in [0.2, 0.25) is 0 Å². The van der Waals surface area contributed by atoms with E-state index in [1.807, 2.05) is 36.5 Å². The Balaban J connectivity index is 0.00000108. The molecule has 0 saturated carbocycles. The third-order valence-electron chi connectivity index (χ3n) is 5.08. The minimum atomic E-state index is -3.96. The molecule has 4 aromatic rings. The van der Waals surface area contributed by atoms with E-state index in [1.165, 1.54) is 16.6 Å². The first-order chi connectivity index (χ1) is 19.3. The number of hydrogen-bond donors (Lipinski definition) is 2. The van der Waals surface area contributed by atoms with Gasteiger partial charge in [0.25, 0.3) is 16.0 Å². The zero-order chi connectivity index (χ0) is 30.0. The Bertz CT molecular complexity index is 1530. The van der Waals surface area contributed by atoms with Crippen molar-refractivity contribution in [2.75, 3.05) is 5.32 Å². The molecule has 1 amide bonds. The summed E-state index contributed by atoms with van der Waals surface area (Å²) in [6.07, 6.45) is 4.31. The Hall–Kier alpha value is -4.62. The third kappa shape index (κ3) is 9.81. The lowest BCUT2D eigenvalue weighted by atomic mass is 10.2. The second-order valence-electron chi connectivity index (χ2n) is 9.72. The summed E-state index contributed by atoms with van der Waals surface area (Å²) in [5.74, 6) is -0.578. The van der Waals surface area contributed by atoms with E-state index in [0.717, 1.165) is 18.2 Å². The molecule has 1 aromatic carbocycles. The van der Waals surface area contributed by atoms with Crippen molar-refractivity contribution in [3.63, 3.8) is 0 Å². The van der Waals surface area contributed by atoms with Crippen LogP contribution in [0.5, 0.6) is 0 Å². The number of carbonyl (C=O) groups is 2. The van der Waals surface area contributed by atoms with Crippen molar-refractivity contribution >= 4 is 27.9 Å². The summed E-state index contributed by atoms with van der Waals surface area (Å²) < 4.78 is 35.4. The Kier molecular flexibility index (Phi) is 10.3. The van der Waals surface area contributed by atoms with Crippen LogP contribution in [0.3, 0.4) is 0 Å². The molecule has 2 N–H and O–H groups in total. The number of anilines is 1. The number of ether oxygens (including phenoxy) is 1. The summed E-state index contributed by atoms with van der Waals surface area (Å²) in [6.45, 7) is 6.42. The van der Waals surface area contributed by atoms with Gasteiger partial charge in [-0.2, -0.15) is 9.40 Å². The summed E-state index contributed by atoms with van der Waals surface area (Å²) in [6, 6.07) is 19.0. The molecule has 0 aliphatic carbocycles. The largest absolute Gasteiger partial charge is 0.481 e. The molecule has 216 valence electrons. The van der Waals surface area contributed by atoms with Gasteiger partial charge in [0.15, 0.2) is 5.03 Å². The van der Waals surface area contributed by atoms with Gasteiger partial charge < -0.3 is 9.84 Å². The Labute approximate surface area is 238 Å². The van der Waals surface area contributed by atoms with Crippen LogP contribution in [0.15, 0.2) is 90.3 Å². The van der Waals surface area contributed by atoms with Crippen molar-refractivity contribution < 1.29 is 27.9 Å². The van der Waals surface area contributed by atoms with Crippen LogP contribution in [-0.4, -0.2) is 55.2 Å². The molecular formula is C28H32N6O6S. The summed E-state index contributed by atoms with van der Waals surface area (Å²) in [5.41, 5.74) is 1.41. The van der Waals surface area contributed by atoms with Gasteiger partial charge >= 0.3 is 6.09 Å². The van der Waals surface area contributed by atoms with E-state index in [0.29, 0.717) is 5.69 Å². The number of carbonyl (C=O) groups excluding carboxylic acids is 1. The second kappa shape index (κ2) is 13.6. The fourth-order valence-corrected chi connectivity index (χ4v) is 4.79. The number of carboxylic acid groups (broad SMARTS) is 1. The predicted molar refractivity (Wildman–Crippen MR) is 152 cm³/mol. The van der Waals surface area contributed by atoms with Gasteiger partial charge in [-0.05, 0) is 68.8 Å². The molecule has 0 fully saturated rings. The summed E-state index contributed by atoms with van der Waals surface area (Å²) >= 11 is 0. The van der Waals surface area contributed by atoms with Crippen molar-refractivity contribution in [2.24, 2.45) is 0 Å². The van der Waals surface area contributed by atoms with Gasteiger partial charge in [0.2, 0.25) is 0 Å². The molecule has 3 heterocycles. The number of sulfonamides is 1. The lowest BCUT2D eigenvalue weighted by Gasteiger charge is -2.22. The number of nitrogens with one attached hydrogen (secondary N) is 1. The van der Waals surface area contributed by atoms with Crippen molar-refractivity contribution in [3.8, 4) is 5.69 Å². The number of hydrogen-bond acceptors (Lipinski definition) is 8. The summed E-state index contributed by atoms with van der Waals surface area (Å²) in [5, 5.41) is 14.2. The van der Waals surface area contributed by atoms with E-state index < -0.39 is 27.7 Å². The monoisotopic (exact) mass is 580 g/mol. The number of aromatic nitrogens is 4. The molecule has 0 aliphatic heterocycles. The first-order valence-electron chi connectivity index (χ1n) is 12.5. The molecule has 4 rings (SSSR count). The van der Waals surface area contributed by atoms with Gasteiger partial charge in [-0.3, -0.25) is 10.1 Å². The quantitative estimate of drug-likeness (QED) is 0.306. The predicted octanol–water partition coefficient (Wildman–Crippen LogP) is 4.49. The number of nitrogens with zero attached hydrogens (tertiary/aromatic N) is 5. The molecule has 0 spiro atoms. The average Bonchev–Trinajstić information content (AvgIpc) is 3.43. The minimum absolute atomic E-state index is 0.0380. The van der Waals surface area contributed by atoms with Gasteiger partial charge in [-0.1, -0.05) is 24.3 Å². The van der Waals surface area contributed by atoms with Crippen LogP contribution in [0.4, 0.5) is 10.6 Å². The first-order valence-corrected chi connectivity index (χ1v) is 13.9. The van der Waals surface area contributed by atoms with E-state index in [9.17, 15) is 13.2 Å². The standard InChI is InChI=1S/C26H28N6O4S.C2H4O2/c1-26(2,3)36-25(33)30-23-9-6-8-21(29-23)19-31(37(34,35)24-10-4-5-15-27-24)18-20-11-13-22(14-12-20)32-17-7-16-28-32;1-2(3)4/h4-17H,18-19H2,1-3H3,(H,29,30,33);1H3,(H,3,4). The first kappa shape index (κ1) is 30.9. The van der Waals surface area contributed by atoms with Crippen LogP contribution in [0, 0.1) is 0 Å². The molecule has 0 aliphatic rings. The molecule has 0 atom stereocenters. The van der Waals surface area contributed by atoms with Gasteiger partial charge in [0.05, 0.1) is 17.9 Å². The molecule has 13 heteroatoms.